The molecule has 0 amide bonds. The number of anilines is 2. The largest absolute Gasteiger partial charge is 0.480 e. The van der Waals surface area contributed by atoms with Gasteiger partial charge in [0.15, 0.2) is 9.84 Å². The molecule has 14 heteroatoms. The van der Waals surface area contributed by atoms with Crippen molar-refractivity contribution in [2.24, 2.45) is 5.41 Å². The molecule has 0 bridgehead atoms. The predicted molar refractivity (Wildman–Crippen MR) is 149 cm³/mol. The summed E-state index contributed by atoms with van der Waals surface area (Å²) in [6.07, 6.45) is -4.10. The molecule has 3 aromatic rings. The Bertz CT molecular complexity index is 1560. The van der Waals surface area contributed by atoms with Crippen molar-refractivity contribution in [1.82, 2.24) is 15.3 Å². The number of carboxylic acid groups (broad SMARTS) is 1. The van der Waals surface area contributed by atoms with E-state index in [-0.39, 0.29) is 27.7 Å². The number of carbonyl (C=O) groups is 1. The minimum Gasteiger partial charge on any atom is -0.480 e. The molecule has 2 saturated heterocycles. The number of halogens is 3. The number of hydrogen-bond donors (Lipinski definition) is 3. The number of nitrogens with two attached hydrogens (primary N) is 1. The molecule has 0 radical (unpaired) electrons. The van der Waals surface area contributed by atoms with Gasteiger partial charge in [-0.1, -0.05) is 36.4 Å². The molecule has 2 aliphatic rings. The highest BCUT2D eigenvalue weighted by atomic mass is 32.2. The van der Waals surface area contributed by atoms with Crippen molar-refractivity contribution < 1.29 is 36.2 Å². The van der Waals surface area contributed by atoms with Gasteiger partial charge in [0, 0.05) is 37.5 Å². The zero-order chi connectivity index (χ0) is 30.3. The first-order valence-corrected chi connectivity index (χ1v) is 15.1. The highest BCUT2D eigenvalue weighted by Gasteiger charge is 2.45. The van der Waals surface area contributed by atoms with Gasteiger partial charge in [-0.3, -0.25) is 4.79 Å². The minimum atomic E-state index is -4.77. The fourth-order valence-corrected chi connectivity index (χ4v) is 6.16. The van der Waals surface area contributed by atoms with Crippen molar-refractivity contribution in [3.8, 4) is 17.0 Å². The number of aromatic nitrogens is 2. The number of sulfone groups is 1. The van der Waals surface area contributed by atoms with Crippen LogP contribution in [0.1, 0.15) is 30.9 Å². The monoisotopic (exact) mass is 605 g/mol. The SMILES string of the molecule is CS(=O)(=O)c1ccc(-c2ccc(C(Oc3cc(N4CCC5(CC4)CNC(C(=O)O)C5)nc(N)n3)C(F)(F)F)cc2)cc1. The fourth-order valence-electron chi connectivity index (χ4n) is 5.52. The van der Waals surface area contributed by atoms with E-state index in [4.69, 9.17) is 10.5 Å². The van der Waals surface area contributed by atoms with Gasteiger partial charge in [0.05, 0.1) is 4.90 Å². The molecular weight excluding hydrogens is 575 g/mol. The molecular formula is C28H30F3N5O5S. The maximum Gasteiger partial charge on any atom is 0.429 e. The van der Waals surface area contributed by atoms with Gasteiger partial charge in [-0.15, -0.1) is 0 Å². The van der Waals surface area contributed by atoms with Crippen molar-refractivity contribution in [3.63, 3.8) is 0 Å². The molecule has 3 heterocycles. The van der Waals surface area contributed by atoms with Crippen LogP contribution >= 0.6 is 0 Å². The Morgan fingerprint density at radius 3 is 2.21 bits per heavy atom. The summed E-state index contributed by atoms with van der Waals surface area (Å²) in [6, 6.07) is 12.4. The second kappa shape index (κ2) is 11.1. The zero-order valence-electron chi connectivity index (χ0n) is 22.6. The lowest BCUT2D eigenvalue weighted by atomic mass is 9.76. The van der Waals surface area contributed by atoms with Crippen LogP contribution in [0, 0.1) is 5.41 Å². The number of aliphatic carboxylic acids is 1. The van der Waals surface area contributed by atoms with Crippen LogP contribution in [-0.4, -0.2) is 67.6 Å². The number of hydrogen-bond acceptors (Lipinski definition) is 9. The second-order valence-electron chi connectivity index (χ2n) is 10.8. The van der Waals surface area contributed by atoms with Crippen LogP contribution in [0.4, 0.5) is 24.9 Å². The third kappa shape index (κ3) is 6.44. The number of rotatable bonds is 7. The highest BCUT2D eigenvalue weighted by Crippen LogP contribution is 2.41. The molecule has 2 unspecified atom stereocenters. The Hall–Kier alpha value is -3.91. The quantitative estimate of drug-likeness (QED) is 0.363. The molecule has 2 aromatic carbocycles. The predicted octanol–water partition coefficient (Wildman–Crippen LogP) is 3.84. The van der Waals surface area contributed by atoms with E-state index in [9.17, 15) is 31.5 Å². The molecule has 0 saturated carbocycles. The summed E-state index contributed by atoms with van der Waals surface area (Å²) >= 11 is 0. The van der Waals surface area contributed by atoms with E-state index < -0.39 is 34.1 Å². The highest BCUT2D eigenvalue weighted by molar-refractivity contribution is 7.90. The molecule has 1 spiro atoms. The summed E-state index contributed by atoms with van der Waals surface area (Å²) in [6.45, 7) is 1.65. The second-order valence-corrected chi connectivity index (χ2v) is 12.9. The Morgan fingerprint density at radius 1 is 1.10 bits per heavy atom. The van der Waals surface area contributed by atoms with E-state index in [1.165, 1.54) is 42.5 Å². The van der Waals surface area contributed by atoms with Gasteiger partial charge in [-0.25, -0.2) is 8.42 Å². The van der Waals surface area contributed by atoms with Gasteiger partial charge >= 0.3 is 12.1 Å². The van der Waals surface area contributed by atoms with Crippen LogP contribution in [0.3, 0.4) is 0 Å². The van der Waals surface area contributed by atoms with Crippen LogP contribution in [0.5, 0.6) is 5.88 Å². The number of alkyl halides is 3. The van der Waals surface area contributed by atoms with Gasteiger partial charge < -0.3 is 25.8 Å². The van der Waals surface area contributed by atoms with Crippen LogP contribution in [0.15, 0.2) is 59.5 Å². The Kier molecular flexibility index (Phi) is 7.79. The Labute approximate surface area is 240 Å². The standard InChI is InChI=1S/C28H30F3N5O5S/c1-42(39,40)20-8-6-18(7-9-20)17-2-4-19(5-3-17)24(28(29,30)31)41-23-14-22(34-26(32)35-23)36-12-10-27(11-13-36)15-21(25(37)38)33-16-27/h2-9,14,21,24,33H,10-13,15-16H2,1H3,(H,37,38)(H2,32,34,35). The van der Waals surface area contributed by atoms with Crippen LogP contribution in [-0.2, 0) is 14.6 Å². The third-order valence-electron chi connectivity index (χ3n) is 7.88. The number of nitrogens with zero attached hydrogens (tertiary/aromatic N) is 3. The van der Waals surface area contributed by atoms with Gasteiger partial charge in [-0.05, 0) is 47.9 Å². The number of carboxylic acids is 1. The first-order chi connectivity index (χ1) is 19.7. The van der Waals surface area contributed by atoms with E-state index in [1.807, 2.05) is 4.90 Å². The summed E-state index contributed by atoms with van der Waals surface area (Å²) < 4.78 is 71.3. The van der Waals surface area contributed by atoms with E-state index in [2.05, 4.69) is 15.3 Å². The first-order valence-electron chi connectivity index (χ1n) is 13.2. The van der Waals surface area contributed by atoms with Crippen molar-refractivity contribution in [1.29, 1.82) is 0 Å². The number of nitrogen functional groups attached to an aromatic ring is 1. The van der Waals surface area contributed by atoms with Crippen LogP contribution in [0.25, 0.3) is 11.1 Å². The van der Waals surface area contributed by atoms with Crippen molar-refractivity contribution in [2.75, 3.05) is 36.5 Å². The van der Waals surface area contributed by atoms with Gasteiger partial charge in [0.1, 0.15) is 11.9 Å². The van der Waals surface area contributed by atoms with Gasteiger partial charge in [0.25, 0.3) is 0 Å². The zero-order valence-corrected chi connectivity index (χ0v) is 23.5. The minimum absolute atomic E-state index is 0.142. The number of benzene rings is 2. The Balaban J connectivity index is 1.32. The summed E-state index contributed by atoms with van der Waals surface area (Å²) in [5, 5.41) is 12.4. The number of nitrogens with one attached hydrogen (secondary N) is 1. The number of piperidine rings is 1. The summed E-state index contributed by atoms with van der Waals surface area (Å²) in [5.74, 6) is -1.10. The first kappa shape index (κ1) is 29.6. The smallest absolute Gasteiger partial charge is 0.429 e. The maximum absolute atomic E-state index is 14.2. The number of ether oxygens (including phenoxy) is 1. The Morgan fingerprint density at radius 2 is 1.69 bits per heavy atom. The van der Waals surface area contributed by atoms with Crippen LogP contribution < -0.4 is 20.7 Å². The lowest BCUT2D eigenvalue weighted by Crippen LogP contribution is -2.41. The lowest BCUT2D eigenvalue weighted by Gasteiger charge is -2.39. The van der Waals surface area contributed by atoms with E-state index in [1.54, 1.807) is 12.1 Å². The third-order valence-corrected chi connectivity index (χ3v) is 9.01. The van der Waals surface area contributed by atoms with Crippen molar-refractivity contribution in [3.05, 3.63) is 60.2 Å². The average molecular weight is 606 g/mol. The van der Waals surface area contributed by atoms with Crippen molar-refractivity contribution >= 4 is 27.6 Å². The molecule has 1 aromatic heterocycles. The van der Waals surface area contributed by atoms with Crippen molar-refractivity contribution in [2.45, 2.75) is 42.5 Å². The average Bonchev–Trinajstić information content (AvgIpc) is 3.35. The fraction of sp³-hybridized carbons (Fsp3) is 0.393. The molecule has 2 fully saturated rings. The topological polar surface area (TPSA) is 148 Å². The normalized spacial score (nSPS) is 19.5. The van der Waals surface area contributed by atoms with E-state index in [0.29, 0.717) is 55.8 Å². The molecule has 4 N–H and O–H groups in total. The van der Waals surface area contributed by atoms with E-state index >= 15 is 0 Å². The summed E-state index contributed by atoms with van der Waals surface area (Å²) in [5.41, 5.74) is 6.79. The molecule has 42 heavy (non-hydrogen) atoms. The molecule has 224 valence electrons. The summed E-state index contributed by atoms with van der Waals surface area (Å²) in [4.78, 5) is 21.5. The summed E-state index contributed by atoms with van der Waals surface area (Å²) in [7, 11) is -3.38. The molecule has 2 aliphatic heterocycles. The maximum atomic E-state index is 14.2. The molecule has 5 rings (SSSR count). The molecule has 10 nitrogen and oxygen atoms in total. The lowest BCUT2D eigenvalue weighted by molar-refractivity contribution is -0.198. The van der Waals surface area contributed by atoms with Gasteiger partial charge in [0.2, 0.25) is 17.9 Å². The van der Waals surface area contributed by atoms with E-state index in [0.717, 1.165) is 6.26 Å². The van der Waals surface area contributed by atoms with Gasteiger partial charge in [-0.2, -0.15) is 23.1 Å². The molecule has 2 atom stereocenters. The molecule has 0 aliphatic carbocycles. The van der Waals surface area contributed by atoms with Crippen LogP contribution in [0.2, 0.25) is 0 Å².